The summed E-state index contributed by atoms with van der Waals surface area (Å²) in [5, 5.41) is 2.86. The van der Waals surface area contributed by atoms with Crippen molar-refractivity contribution in [1.82, 2.24) is 10.2 Å². The molecule has 0 spiro atoms. The molecular formula is C20H25FN2O2. The number of rotatable bonds is 7. The summed E-state index contributed by atoms with van der Waals surface area (Å²) >= 11 is 0. The van der Waals surface area contributed by atoms with Crippen molar-refractivity contribution in [2.24, 2.45) is 0 Å². The summed E-state index contributed by atoms with van der Waals surface area (Å²) in [4.78, 5) is 14.1. The van der Waals surface area contributed by atoms with Gasteiger partial charge in [0.15, 0.2) is 6.61 Å². The Bertz CT molecular complexity index is 711. The van der Waals surface area contributed by atoms with E-state index >= 15 is 0 Å². The van der Waals surface area contributed by atoms with Gasteiger partial charge in [-0.2, -0.15) is 0 Å². The normalized spacial score (nSPS) is 12.1. The lowest BCUT2D eigenvalue weighted by atomic mass is 10.1. The van der Waals surface area contributed by atoms with Gasteiger partial charge in [-0.3, -0.25) is 4.79 Å². The molecule has 1 N–H and O–H groups in total. The van der Waals surface area contributed by atoms with Crippen LogP contribution in [-0.2, 0) is 4.79 Å². The monoisotopic (exact) mass is 344 g/mol. The van der Waals surface area contributed by atoms with Crippen molar-refractivity contribution in [3.63, 3.8) is 0 Å². The molecule has 0 aliphatic heterocycles. The zero-order valence-corrected chi connectivity index (χ0v) is 15.2. The van der Waals surface area contributed by atoms with Gasteiger partial charge in [0.2, 0.25) is 0 Å². The van der Waals surface area contributed by atoms with E-state index in [1.165, 1.54) is 12.1 Å². The molecule has 25 heavy (non-hydrogen) atoms. The summed E-state index contributed by atoms with van der Waals surface area (Å²) in [6, 6.07) is 12.2. The number of carbonyl (C=O) groups excluding carboxylic acids is 1. The summed E-state index contributed by atoms with van der Waals surface area (Å²) in [5.74, 6) is 0.256. The van der Waals surface area contributed by atoms with Crippen LogP contribution >= 0.6 is 0 Å². The van der Waals surface area contributed by atoms with Crippen molar-refractivity contribution in [3.8, 4) is 5.75 Å². The summed E-state index contributed by atoms with van der Waals surface area (Å²) in [5.41, 5.74) is 2.82. The van der Waals surface area contributed by atoms with Gasteiger partial charge in [0.25, 0.3) is 5.91 Å². The minimum absolute atomic E-state index is 0.0466. The Morgan fingerprint density at radius 2 is 1.80 bits per heavy atom. The van der Waals surface area contributed by atoms with Crippen LogP contribution in [0.15, 0.2) is 42.5 Å². The number of nitrogens with zero attached hydrogens (tertiary/aromatic N) is 1. The van der Waals surface area contributed by atoms with E-state index in [4.69, 9.17) is 4.74 Å². The van der Waals surface area contributed by atoms with Gasteiger partial charge in [-0.05, 0) is 56.8 Å². The lowest BCUT2D eigenvalue weighted by Gasteiger charge is -2.25. The molecule has 0 saturated carbocycles. The Labute approximate surface area is 148 Å². The zero-order chi connectivity index (χ0) is 18.4. The van der Waals surface area contributed by atoms with Crippen molar-refractivity contribution in [3.05, 3.63) is 65.0 Å². The van der Waals surface area contributed by atoms with Crippen LogP contribution in [0, 0.1) is 19.7 Å². The van der Waals surface area contributed by atoms with Crippen molar-refractivity contribution >= 4 is 5.91 Å². The fourth-order valence-electron chi connectivity index (χ4n) is 2.74. The molecule has 134 valence electrons. The van der Waals surface area contributed by atoms with Crippen molar-refractivity contribution in [2.45, 2.75) is 19.9 Å². The van der Waals surface area contributed by atoms with E-state index in [-0.39, 0.29) is 24.4 Å². The minimum atomic E-state index is -0.283. The Hall–Kier alpha value is -2.40. The number of benzene rings is 2. The molecule has 0 saturated heterocycles. The molecule has 1 unspecified atom stereocenters. The highest BCUT2D eigenvalue weighted by Gasteiger charge is 2.16. The van der Waals surface area contributed by atoms with Gasteiger partial charge in [-0.25, -0.2) is 4.39 Å². The van der Waals surface area contributed by atoms with Crippen LogP contribution in [0.5, 0.6) is 5.75 Å². The number of amides is 1. The zero-order valence-electron chi connectivity index (χ0n) is 15.2. The largest absolute Gasteiger partial charge is 0.483 e. The van der Waals surface area contributed by atoms with Gasteiger partial charge in [-0.15, -0.1) is 0 Å². The van der Waals surface area contributed by atoms with Crippen molar-refractivity contribution in [2.75, 3.05) is 27.2 Å². The third kappa shape index (κ3) is 5.29. The summed E-state index contributed by atoms with van der Waals surface area (Å²) in [6.45, 7) is 4.24. The van der Waals surface area contributed by atoms with Crippen LogP contribution in [0.25, 0.3) is 0 Å². The first-order valence-electron chi connectivity index (χ1n) is 8.26. The van der Waals surface area contributed by atoms with E-state index in [0.29, 0.717) is 6.54 Å². The van der Waals surface area contributed by atoms with Gasteiger partial charge in [0.1, 0.15) is 11.6 Å². The van der Waals surface area contributed by atoms with Gasteiger partial charge in [0, 0.05) is 6.54 Å². The first kappa shape index (κ1) is 18.9. The average molecular weight is 344 g/mol. The Morgan fingerprint density at radius 1 is 1.16 bits per heavy atom. The third-order valence-corrected chi connectivity index (χ3v) is 4.11. The second-order valence-electron chi connectivity index (χ2n) is 6.35. The first-order valence-corrected chi connectivity index (χ1v) is 8.26. The number of hydrogen-bond acceptors (Lipinski definition) is 3. The number of nitrogens with one attached hydrogen (secondary N) is 1. The standard InChI is InChI=1S/C20H25FN2O2/c1-14-7-5-8-15(2)20(14)25-13-19(24)22-12-18(23(3)4)16-9-6-10-17(21)11-16/h5-11,18H,12-13H2,1-4H3,(H,22,24). The van der Waals surface area contributed by atoms with Crippen LogP contribution in [-0.4, -0.2) is 38.1 Å². The second-order valence-corrected chi connectivity index (χ2v) is 6.35. The van der Waals surface area contributed by atoms with Gasteiger partial charge in [-0.1, -0.05) is 30.3 Å². The highest BCUT2D eigenvalue weighted by molar-refractivity contribution is 5.77. The molecule has 2 aromatic rings. The molecule has 2 aromatic carbocycles. The molecule has 0 bridgehead atoms. The van der Waals surface area contributed by atoms with Crippen molar-refractivity contribution in [1.29, 1.82) is 0 Å². The third-order valence-electron chi connectivity index (χ3n) is 4.11. The molecule has 1 atom stereocenters. The Morgan fingerprint density at radius 3 is 2.40 bits per heavy atom. The molecule has 0 fully saturated rings. The summed E-state index contributed by atoms with van der Waals surface area (Å²) in [6.07, 6.45) is 0. The predicted molar refractivity (Wildman–Crippen MR) is 97.2 cm³/mol. The predicted octanol–water partition coefficient (Wildman–Crippen LogP) is 3.24. The average Bonchev–Trinajstić information content (AvgIpc) is 2.54. The fourth-order valence-corrected chi connectivity index (χ4v) is 2.74. The minimum Gasteiger partial charge on any atom is -0.483 e. The van der Waals surface area contributed by atoms with E-state index in [1.54, 1.807) is 6.07 Å². The fraction of sp³-hybridized carbons (Fsp3) is 0.350. The van der Waals surface area contributed by atoms with Crippen LogP contribution in [0.3, 0.4) is 0 Å². The van der Waals surface area contributed by atoms with E-state index < -0.39 is 0 Å². The van der Waals surface area contributed by atoms with Crippen LogP contribution in [0.4, 0.5) is 4.39 Å². The topological polar surface area (TPSA) is 41.6 Å². The number of halogens is 1. The number of aryl methyl sites for hydroxylation is 2. The van der Waals surface area contributed by atoms with Gasteiger partial charge < -0.3 is 15.0 Å². The van der Waals surface area contributed by atoms with Crippen LogP contribution in [0.2, 0.25) is 0 Å². The summed E-state index contributed by atoms with van der Waals surface area (Å²) < 4.78 is 19.1. The Kier molecular flexibility index (Phi) is 6.53. The highest BCUT2D eigenvalue weighted by Crippen LogP contribution is 2.22. The van der Waals surface area contributed by atoms with Gasteiger partial charge >= 0.3 is 0 Å². The lowest BCUT2D eigenvalue weighted by molar-refractivity contribution is -0.123. The summed E-state index contributed by atoms with van der Waals surface area (Å²) in [7, 11) is 3.80. The molecule has 0 aliphatic rings. The molecule has 2 rings (SSSR count). The molecular weight excluding hydrogens is 319 g/mol. The number of ether oxygens (including phenoxy) is 1. The molecule has 0 heterocycles. The highest BCUT2D eigenvalue weighted by atomic mass is 19.1. The van der Waals surface area contributed by atoms with Crippen LogP contribution < -0.4 is 10.1 Å². The number of likely N-dealkylation sites (N-methyl/N-ethyl adjacent to an activating group) is 1. The Balaban J connectivity index is 1.93. The molecule has 0 aliphatic carbocycles. The smallest absolute Gasteiger partial charge is 0.258 e. The molecule has 1 amide bonds. The second kappa shape index (κ2) is 8.62. The van der Waals surface area contributed by atoms with Crippen molar-refractivity contribution < 1.29 is 13.9 Å². The first-order chi connectivity index (χ1) is 11.9. The SMILES string of the molecule is Cc1cccc(C)c1OCC(=O)NCC(c1cccc(F)c1)N(C)C. The quantitative estimate of drug-likeness (QED) is 0.838. The van der Waals surface area contributed by atoms with Gasteiger partial charge in [0.05, 0.1) is 6.04 Å². The van der Waals surface area contributed by atoms with E-state index in [9.17, 15) is 9.18 Å². The van der Waals surface area contributed by atoms with Crippen LogP contribution in [0.1, 0.15) is 22.7 Å². The molecule has 4 nitrogen and oxygen atoms in total. The molecule has 0 radical (unpaired) electrons. The van der Waals surface area contributed by atoms with E-state index in [2.05, 4.69) is 5.32 Å². The van der Waals surface area contributed by atoms with E-state index in [0.717, 1.165) is 22.4 Å². The number of carbonyl (C=O) groups is 1. The lowest BCUT2D eigenvalue weighted by Crippen LogP contribution is -2.37. The molecule has 0 aromatic heterocycles. The maximum Gasteiger partial charge on any atom is 0.258 e. The maximum absolute atomic E-state index is 13.4. The maximum atomic E-state index is 13.4. The number of hydrogen-bond donors (Lipinski definition) is 1. The van der Waals surface area contributed by atoms with E-state index in [1.807, 2.05) is 57.1 Å². The molecule has 5 heteroatoms. The number of para-hydroxylation sites is 1.